The van der Waals surface area contributed by atoms with Crippen LogP contribution in [0.5, 0.6) is 11.8 Å². The van der Waals surface area contributed by atoms with Gasteiger partial charge in [-0.2, -0.15) is 9.97 Å². The number of fused-ring (bicyclic) bond motifs is 4. The third kappa shape index (κ3) is 6.08. The average Bonchev–Trinajstić information content (AvgIpc) is 3.58. The topological polar surface area (TPSA) is 109 Å². The van der Waals surface area contributed by atoms with Gasteiger partial charge in [0.15, 0.2) is 12.0 Å². The van der Waals surface area contributed by atoms with Gasteiger partial charge in [0, 0.05) is 30.9 Å². The van der Waals surface area contributed by atoms with Crippen LogP contribution in [0.4, 0.5) is 15.0 Å². The van der Waals surface area contributed by atoms with Crippen LogP contribution >= 0.6 is 0 Å². The fourth-order valence-corrected chi connectivity index (χ4v) is 7.57. The Bertz CT molecular complexity index is 2010. The molecule has 0 aliphatic carbocycles. The van der Waals surface area contributed by atoms with Crippen LogP contribution < -0.4 is 9.64 Å². The maximum Gasteiger partial charge on any atom is 0.411 e. The summed E-state index contributed by atoms with van der Waals surface area (Å²) in [5.41, 5.74) is -0.991. The van der Waals surface area contributed by atoms with Crippen molar-refractivity contribution in [2.24, 2.45) is 0 Å². The van der Waals surface area contributed by atoms with E-state index in [0.717, 1.165) is 30.2 Å². The summed E-state index contributed by atoms with van der Waals surface area (Å²) in [6.45, 7) is 15.0. The van der Waals surface area contributed by atoms with Gasteiger partial charge in [-0.15, -0.1) is 0 Å². The number of pyridine rings is 1. The molecule has 7 rings (SSSR count). The van der Waals surface area contributed by atoms with Crippen molar-refractivity contribution in [1.82, 2.24) is 24.8 Å². The number of nitrogens with zero attached hydrogens (tertiary/aromatic N) is 7. The Labute approximate surface area is 284 Å². The second kappa shape index (κ2) is 12.5. The number of rotatable bonds is 6. The van der Waals surface area contributed by atoms with Crippen molar-refractivity contribution in [2.45, 2.75) is 69.7 Å². The van der Waals surface area contributed by atoms with Gasteiger partial charge in [-0.1, -0.05) is 30.3 Å². The van der Waals surface area contributed by atoms with Crippen LogP contribution in [0.1, 0.15) is 46.5 Å². The molecule has 12 heteroatoms. The van der Waals surface area contributed by atoms with Gasteiger partial charge in [-0.05, 0) is 83.0 Å². The Balaban J connectivity index is 1.34. The molecule has 2 aromatic carbocycles. The lowest BCUT2D eigenvalue weighted by Gasteiger charge is -2.48. The molecule has 1 amide bonds. The first-order valence-electron chi connectivity index (χ1n) is 16.7. The lowest BCUT2D eigenvalue weighted by Crippen LogP contribution is -2.63. The highest BCUT2D eigenvalue weighted by Gasteiger charge is 2.53. The van der Waals surface area contributed by atoms with Gasteiger partial charge in [0.05, 0.1) is 23.5 Å². The number of phenols is 1. The fourth-order valence-electron chi connectivity index (χ4n) is 7.57. The molecular weight excluding hydrogens is 625 g/mol. The monoisotopic (exact) mass is 665 g/mol. The highest BCUT2D eigenvalue weighted by Crippen LogP contribution is 2.44. The van der Waals surface area contributed by atoms with Gasteiger partial charge in [0.1, 0.15) is 35.0 Å². The average molecular weight is 666 g/mol. The number of carbonyl (C=O) groups is 1. The molecule has 3 saturated heterocycles. The van der Waals surface area contributed by atoms with Crippen LogP contribution in [0, 0.1) is 12.4 Å². The standard InChI is InChI=1S/C37H40FN7O4/c1-36(2,3)49-35(47)45-24-12-13-37(45,14-15-39-4)22-44(20-24)33-29-19-40-31(28-18-26(46)17-23-9-6-7-11-27(23)28)30(38)32(29)41-34(42-33)48-21-25-10-8-16-43(25)5/h6-7,9,11,14-15,17-19,24-25,46H,8,10,12-13,16,20-22H2,1-3,5H3/t24?,25-,37?/m0/s1. The van der Waals surface area contributed by atoms with Crippen molar-refractivity contribution in [1.29, 1.82) is 0 Å². The molecule has 1 N–H and O–H groups in total. The predicted molar refractivity (Wildman–Crippen MR) is 185 cm³/mol. The summed E-state index contributed by atoms with van der Waals surface area (Å²) in [6, 6.07) is 10.6. The number of anilines is 1. The van der Waals surface area contributed by atoms with E-state index >= 15 is 4.39 Å². The van der Waals surface area contributed by atoms with E-state index in [0.29, 0.717) is 49.3 Å². The number of likely N-dealkylation sites (tertiary alicyclic amines) is 1. The van der Waals surface area contributed by atoms with E-state index in [1.54, 1.807) is 23.2 Å². The van der Waals surface area contributed by atoms with Gasteiger partial charge < -0.3 is 24.4 Å². The SMILES string of the molecule is [C-]#[N+]C=CC12CCC(CN(c3nc(OC[C@@H]4CCCN4C)nc4c(F)c(-c5cc(O)cc6ccccc56)ncc34)C1)N2C(=O)OC(C)(C)C. The first-order valence-corrected chi connectivity index (χ1v) is 16.7. The molecule has 4 aromatic rings. The molecule has 0 radical (unpaired) electrons. The first kappa shape index (κ1) is 32.5. The molecule has 11 nitrogen and oxygen atoms in total. The van der Waals surface area contributed by atoms with Crippen LogP contribution in [0.3, 0.4) is 0 Å². The maximum atomic E-state index is 16.8. The number of carbonyl (C=O) groups excluding carboxylic acids is 1. The van der Waals surface area contributed by atoms with E-state index in [4.69, 9.17) is 21.0 Å². The minimum Gasteiger partial charge on any atom is -0.508 e. The van der Waals surface area contributed by atoms with E-state index in [-0.39, 0.29) is 35.1 Å². The summed E-state index contributed by atoms with van der Waals surface area (Å²) in [7, 11) is 2.06. The molecule has 5 heterocycles. The summed E-state index contributed by atoms with van der Waals surface area (Å²) in [5.74, 6) is -0.216. The smallest absolute Gasteiger partial charge is 0.411 e. The second-order valence-corrected chi connectivity index (χ2v) is 14.3. The molecule has 3 fully saturated rings. The van der Waals surface area contributed by atoms with Crippen molar-refractivity contribution in [3.63, 3.8) is 0 Å². The first-order chi connectivity index (χ1) is 23.5. The minimum atomic E-state index is -0.840. The van der Waals surface area contributed by atoms with E-state index in [2.05, 4.69) is 26.8 Å². The van der Waals surface area contributed by atoms with Crippen molar-refractivity contribution < 1.29 is 23.8 Å². The van der Waals surface area contributed by atoms with Crippen molar-refractivity contribution in [3.8, 4) is 23.0 Å². The zero-order chi connectivity index (χ0) is 34.5. The molecule has 3 aliphatic heterocycles. The molecule has 0 spiro atoms. The molecule has 49 heavy (non-hydrogen) atoms. The molecule has 0 saturated carbocycles. The van der Waals surface area contributed by atoms with E-state index in [1.165, 1.54) is 12.3 Å². The van der Waals surface area contributed by atoms with E-state index in [9.17, 15) is 9.90 Å². The minimum absolute atomic E-state index is 0.000760. The quantitative estimate of drug-likeness (QED) is 0.229. The predicted octanol–water partition coefficient (Wildman–Crippen LogP) is 6.55. The number of halogens is 1. The number of hydrogen-bond acceptors (Lipinski definition) is 9. The number of likely N-dealkylation sites (N-methyl/N-ethyl adjacent to an activating group) is 1. The molecule has 2 bridgehead atoms. The highest BCUT2D eigenvalue weighted by atomic mass is 19.1. The number of phenolic OH excluding ortho intramolecular Hbond substituents is 1. The molecule has 2 aromatic heterocycles. The molecule has 3 aliphatic rings. The number of amides is 1. The molecule has 3 atom stereocenters. The lowest BCUT2D eigenvalue weighted by molar-refractivity contribution is 0.00217. The largest absolute Gasteiger partial charge is 0.508 e. The van der Waals surface area contributed by atoms with Crippen LogP contribution in [-0.2, 0) is 4.74 Å². The van der Waals surface area contributed by atoms with Crippen LogP contribution in [0.15, 0.2) is 54.9 Å². The summed E-state index contributed by atoms with van der Waals surface area (Å²) >= 11 is 0. The zero-order valence-corrected chi connectivity index (χ0v) is 28.2. The van der Waals surface area contributed by atoms with Crippen molar-refractivity contribution >= 4 is 33.6 Å². The third-order valence-electron chi connectivity index (χ3n) is 9.82. The molecule has 2 unspecified atom stereocenters. The number of aromatic hydroxyl groups is 1. The number of ether oxygens (including phenoxy) is 2. The molecule has 254 valence electrons. The van der Waals surface area contributed by atoms with Crippen molar-refractivity contribution in [2.75, 3.05) is 38.2 Å². The summed E-state index contributed by atoms with van der Waals surface area (Å²) in [5, 5.41) is 12.4. The number of hydrogen-bond donors (Lipinski definition) is 1. The van der Waals surface area contributed by atoms with Crippen molar-refractivity contribution in [3.05, 3.63) is 72.1 Å². The second-order valence-electron chi connectivity index (χ2n) is 14.3. The number of aromatic nitrogens is 3. The molecular formula is C37H40FN7O4. The Morgan fingerprint density at radius 1 is 1.20 bits per heavy atom. The fraction of sp³-hybridized carbons (Fsp3) is 0.432. The van der Waals surface area contributed by atoms with Gasteiger partial charge >= 0.3 is 12.1 Å². The summed E-state index contributed by atoms with van der Waals surface area (Å²) in [6.07, 6.45) is 7.67. The van der Waals surface area contributed by atoms with Gasteiger partial charge in [-0.25, -0.2) is 14.0 Å². The van der Waals surface area contributed by atoms with Crippen LogP contribution in [0.25, 0.3) is 37.8 Å². The van der Waals surface area contributed by atoms with Gasteiger partial charge in [0.2, 0.25) is 0 Å². The number of piperazine rings is 1. The third-order valence-corrected chi connectivity index (χ3v) is 9.82. The number of benzene rings is 2. The Morgan fingerprint density at radius 2 is 2.02 bits per heavy atom. The Hall–Kier alpha value is -5.02. The maximum absolute atomic E-state index is 16.8. The summed E-state index contributed by atoms with van der Waals surface area (Å²) in [4.78, 5) is 37.1. The van der Waals surface area contributed by atoms with E-state index in [1.807, 2.05) is 49.9 Å². The van der Waals surface area contributed by atoms with Gasteiger partial charge in [0.25, 0.3) is 0 Å². The lowest BCUT2D eigenvalue weighted by atomic mass is 9.94. The highest BCUT2D eigenvalue weighted by molar-refractivity contribution is 6.00. The Kier molecular flexibility index (Phi) is 8.27. The Morgan fingerprint density at radius 3 is 2.78 bits per heavy atom. The van der Waals surface area contributed by atoms with Crippen LogP contribution in [0.2, 0.25) is 0 Å². The van der Waals surface area contributed by atoms with E-state index < -0.39 is 23.1 Å². The van der Waals surface area contributed by atoms with Crippen LogP contribution in [-0.4, -0.2) is 92.5 Å². The zero-order valence-electron chi connectivity index (χ0n) is 28.2. The normalized spacial score (nSPS) is 22.7. The summed E-state index contributed by atoms with van der Waals surface area (Å²) < 4.78 is 28.9. The van der Waals surface area contributed by atoms with Gasteiger partial charge in [-0.3, -0.25) is 9.88 Å².